The van der Waals surface area contributed by atoms with Gasteiger partial charge in [0.1, 0.15) is 11.3 Å². The molecule has 0 saturated carbocycles. The number of pyridine rings is 1. The molecule has 7 heteroatoms. The maximum atomic E-state index is 13.2. The Kier molecular flexibility index (Phi) is 4.51. The van der Waals surface area contributed by atoms with Gasteiger partial charge in [-0.05, 0) is 24.6 Å². The van der Waals surface area contributed by atoms with Crippen LogP contribution in [0.15, 0.2) is 42.9 Å². The molecule has 1 amide bonds. The molecular weight excluding hydrogens is 328 g/mol. The van der Waals surface area contributed by atoms with Gasteiger partial charge in [-0.3, -0.25) is 9.20 Å². The number of nitrogens with zero attached hydrogens (tertiary/aromatic N) is 6. The van der Waals surface area contributed by atoms with Gasteiger partial charge in [-0.15, -0.1) is 0 Å². The van der Waals surface area contributed by atoms with Crippen molar-refractivity contribution in [3.8, 4) is 0 Å². The first-order valence-electron chi connectivity index (χ1n) is 9.05. The third-order valence-corrected chi connectivity index (χ3v) is 4.69. The molecule has 0 aliphatic carbocycles. The largest absolute Gasteiger partial charge is 0.337 e. The number of anilines is 1. The minimum absolute atomic E-state index is 0.0563. The summed E-state index contributed by atoms with van der Waals surface area (Å²) in [6.07, 6.45) is 7.18. The average molecular weight is 350 g/mol. The Balaban J connectivity index is 1.55. The van der Waals surface area contributed by atoms with Crippen molar-refractivity contribution >= 4 is 17.5 Å². The standard InChI is InChI=1S/C19H22N6O/c1-2-6-15-17(25-10-4-3-7-16(25)22-15)18(26)23-11-13-24(14-12-23)19-20-8-5-9-21-19/h3-5,7-10H,2,6,11-14H2,1H3. The number of fused-ring (bicyclic) bond motifs is 1. The van der Waals surface area contributed by atoms with Gasteiger partial charge in [0.05, 0.1) is 5.69 Å². The quantitative estimate of drug-likeness (QED) is 0.720. The van der Waals surface area contributed by atoms with E-state index < -0.39 is 0 Å². The Labute approximate surface area is 152 Å². The second-order valence-corrected chi connectivity index (χ2v) is 6.41. The van der Waals surface area contributed by atoms with Gasteiger partial charge in [0, 0.05) is 44.8 Å². The Morgan fingerprint density at radius 2 is 1.85 bits per heavy atom. The second-order valence-electron chi connectivity index (χ2n) is 6.41. The van der Waals surface area contributed by atoms with Crippen molar-refractivity contribution in [1.29, 1.82) is 0 Å². The fourth-order valence-corrected chi connectivity index (χ4v) is 3.40. The van der Waals surface area contributed by atoms with Crippen molar-refractivity contribution in [2.45, 2.75) is 19.8 Å². The molecule has 0 atom stereocenters. The summed E-state index contributed by atoms with van der Waals surface area (Å²) >= 11 is 0. The van der Waals surface area contributed by atoms with E-state index in [4.69, 9.17) is 0 Å². The summed E-state index contributed by atoms with van der Waals surface area (Å²) in [4.78, 5) is 30.5. The van der Waals surface area contributed by atoms with Crippen LogP contribution >= 0.6 is 0 Å². The number of aryl methyl sites for hydroxylation is 1. The summed E-state index contributed by atoms with van der Waals surface area (Å²) in [5.74, 6) is 0.779. The first kappa shape index (κ1) is 16.5. The number of amides is 1. The van der Waals surface area contributed by atoms with Crippen LogP contribution in [0.1, 0.15) is 29.5 Å². The lowest BCUT2D eigenvalue weighted by atomic mass is 10.2. The Morgan fingerprint density at radius 1 is 1.08 bits per heavy atom. The lowest BCUT2D eigenvalue weighted by molar-refractivity contribution is 0.0738. The van der Waals surface area contributed by atoms with Crippen molar-refractivity contribution in [1.82, 2.24) is 24.3 Å². The number of hydrogen-bond acceptors (Lipinski definition) is 5. The Bertz CT molecular complexity index is 899. The Hall–Kier alpha value is -2.96. The van der Waals surface area contributed by atoms with Crippen LogP contribution in [0.5, 0.6) is 0 Å². The summed E-state index contributed by atoms with van der Waals surface area (Å²) in [6, 6.07) is 7.64. The van der Waals surface area contributed by atoms with Gasteiger partial charge < -0.3 is 9.80 Å². The lowest BCUT2D eigenvalue weighted by Gasteiger charge is -2.34. The monoisotopic (exact) mass is 350 g/mol. The fourth-order valence-electron chi connectivity index (χ4n) is 3.40. The molecule has 7 nitrogen and oxygen atoms in total. The van der Waals surface area contributed by atoms with Gasteiger partial charge in [-0.1, -0.05) is 19.4 Å². The average Bonchev–Trinajstić information content (AvgIpc) is 3.06. The van der Waals surface area contributed by atoms with E-state index in [0.29, 0.717) is 18.8 Å². The summed E-state index contributed by atoms with van der Waals surface area (Å²) in [7, 11) is 0. The third kappa shape index (κ3) is 3.00. The van der Waals surface area contributed by atoms with Gasteiger partial charge in [0.2, 0.25) is 5.95 Å². The van der Waals surface area contributed by atoms with Crippen LogP contribution in [0.4, 0.5) is 5.95 Å². The highest BCUT2D eigenvalue weighted by Crippen LogP contribution is 2.18. The number of rotatable bonds is 4. The first-order chi connectivity index (χ1) is 12.8. The van der Waals surface area contributed by atoms with E-state index in [9.17, 15) is 4.79 Å². The summed E-state index contributed by atoms with van der Waals surface area (Å²) < 4.78 is 1.92. The minimum atomic E-state index is 0.0563. The number of aromatic nitrogens is 4. The topological polar surface area (TPSA) is 66.6 Å². The van der Waals surface area contributed by atoms with Crippen molar-refractivity contribution < 1.29 is 4.79 Å². The molecule has 0 radical (unpaired) electrons. The van der Waals surface area contributed by atoms with E-state index in [0.717, 1.165) is 43.2 Å². The van der Waals surface area contributed by atoms with Crippen LogP contribution in [-0.2, 0) is 6.42 Å². The minimum Gasteiger partial charge on any atom is -0.337 e. The van der Waals surface area contributed by atoms with Gasteiger partial charge in [-0.25, -0.2) is 15.0 Å². The first-order valence-corrected chi connectivity index (χ1v) is 9.05. The molecule has 1 aliphatic heterocycles. The van der Waals surface area contributed by atoms with Crippen LogP contribution in [0.25, 0.3) is 5.65 Å². The number of carbonyl (C=O) groups excluding carboxylic acids is 1. The van der Waals surface area contributed by atoms with Crippen LogP contribution in [-0.4, -0.2) is 56.3 Å². The Morgan fingerprint density at radius 3 is 2.58 bits per heavy atom. The van der Waals surface area contributed by atoms with Crippen molar-refractivity contribution in [2.24, 2.45) is 0 Å². The molecule has 4 rings (SSSR count). The van der Waals surface area contributed by atoms with Gasteiger partial charge in [0.15, 0.2) is 0 Å². The lowest BCUT2D eigenvalue weighted by Crippen LogP contribution is -2.49. The highest BCUT2D eigenvalue weighted by Gasteiger charge is 2.27. The molecule has 1 fully saturated rings. The highest BCUT2D eigenvalue weighted by molar-refractivity contribution is 5.95. The van der Waals surface area contributed by atoms with E-state index in [1.165, 1.54) is 0 Å². The van der Waals surface area contributed by atoms with Crippen LogP contribution < -0.4 is 4.90 Å². The highest BCUT2D eigenvalue weighted by atomic mass is 16.2. The smallest absolute Gasteiger partial charge is 0.272 e. The predicted molar refractivity (Wildman–Crippen MR) is 99.3 cm³/mol. The SMILES string of the molecule is CCCc1nc2ccccn2c1C(=O)N1CCN(c2ncccn2)CC1. The van der Waals surface area contributed by atoms with Crippen LogP contribution in [0.3, 0.4) is 0 Å². The van der Waals surface area contributed by atoms with Crippen molar-refractivity contribution in [2.75, 3.05) is 31.1 Å². The molecule has 134 valence electrons. The number of imidazole rings is 1. The zero-order valence-corrected chi connectivity index (χ0v) is 14.9. The van der Waals surface area contributed by atoms with Crippen LogP contribution in [0.2, 0.25) is 0 Å². The van der Waals surface area contributed by atoms with Crippen LogP contribution in [0, 0.1) is 0 Å². The molecule has 1 aliphatic rings. The molecule has 26 heavy (non-hydrogen) atoms. The number of carbonyl (C=O) groups is 1. The van der Waals surface area contributed by atoms with Crippen molar-refractivity contribution in [3.63, 3.8) is 0 Å². The summed E-state index contributed by atoms with van der Waals surface area (Å²) in [6.45, 7) is 4.88. The summed E-state index contributed by atoms with van der Waals surface area (Å²) in [5.41, 5.74) is 2.42. The molecular formula is C19H22N6O. The fraction of sp³-hybridized carbons (Fsp3) is 0.368. The second kappa shape index (κ2) is 7.11. The van der Waals surface area contributed by atoms with Gasteiger partial charge in [0.25, 0.3) is 5.91 Å². The third-order valence-electron chi connectivity index (χ3n) is 4.69. The molecule has 1 saturated heterocycles. The molecule has 0 unspecified atom stereocenters. The number of piperazine rings is 1. The van der Waals surface area contributed by atoms with Crippen molar-refractivity contribution in [3.05, 3.63) is 54.2 Å². The van der Waals surface area contributed by atoms with E-state index >= 15 is 0 Å². The maximum absolute atomic E-state index is 13.2. The molecule has 4 heterocycles. The molecule has 3 aromatic heterocycles. The van der Waals surface area contributed by atoms with E-state index in [1.807, 2.05) is 39.8 Å². The molecule has 0 spiro atoms. The zero-order chi connectivity index (χ0) is 17.9. The normalized spacial score (nSPS) is 14.8. The van der Waals surface area contributed by atoms with E-state index in [-0.39, 0.29) is 5.91 Å². The maximum Gasteiger partial charge on any atom is 0.272 e. The van der Waals surface area contributed by atoms with Gasteiger partial charge >= 0.3 is 0 Å². The van der Waals surface area contributed by atoms with E-state index in [2.05, 4.69) is 26.8 Å². The predicted octanol–water partition coefficient (Wildman–Crippen LogP) is 2.04. The molecule has 3 aromatic rings. The van der Waals surface area contributed by atoms with E-state index in [1.54, 1.807) is 12.4 Å². The molecule has 0 aromatic carbocycles. The summed E-state index contributed by atoms with van der Waals surface area (Å²) in [5, 5.41) is 0. The zero-order valence-electron chi connectivity index (χ0n) is 14.9. The molecule has 0 N–H and O–H groups in total. The number of hydrogen-bond donors (Lipinski definition) is 0. The van der Waals surface area contributed by atoms with Gasteiger partial charge in [-0.2, -0.15) is 0 Å². The molecule has 0 bridgehead atoms.